The van der Waals surface area contributed by atoms with E-state index in [0.29, 0.717) is 12.0 Å². The Hall–Kier alpha value is -0.870. The molecule has 4 nitrogen and oxygen atoms in total. The molecule has 1 atom stereocenters. The van der Waals surface area contributed by atoms with Crippen molar-refractivity contribution in [2.24, 2.45) is 7.05 Å². The monoisotopic (exact) mass is 251 g/mol. The van der Waals surface area contributed by atoms with E-state index in [9.17, 15) is 0 Å². The van der Waals surface area contributed by atoms with Crippen molar-refractivity contribution in [2.75, 3.05) is 13.2 Å². The molecule has 1 aromatic rings. The number of rotatable bonds is 6. The zero-order valence-corrected chi connectivity index (χ0v) is 11.8. The van der Waals surface area contributed by atoms with E-state index in [-0.39, 0.29) is 0 Å². The number of hydrogen-bond donors (Lipinski definition) is 1. The smallest absolute Gasteiger partial charge is 0.0694 e. The van der Waals surface area contributed by atoms with Gasteiger partial charge in [0.15, 0.2) is 0 Å². The Bertz CT molecular complexity index is 367. The summed E-state index contributed by atoms with van der Waals surface area (Å²) in [6.45, 7) is 7.27. The molecule has 1 aromatic heterocycles. The Morgan fingerprint density at radius 3 is 3.06 bits per heavy atom. The van der Waals surface area contributed by atoms with Gasteiger partial charge in [-0.15, -0.1) is 0 Å². The highest BCUT2D eigenvalue weighted by molar-refractivity contribution is 5.19. The zero-order valence-electron chi connectivity index (χ0n) is 11.8. The molecular formula is C14H25N3O. The molecule has 1 aliphatic heterocycles. The molecule has 0 radical (unpaired) electrons. The van der Waals surface area contributed by atoms with Crippen LogP contribution in [0, 0.1) is 0 Å². The lowest BCUT2D eigenvalue weighted by Crippen LogP contribution is -2.20. The predicted octanol–water partition coefficient (Wildman–Crippen LogP) is 2.20. The average molecular weight is 251 g/mol. The molecule has 0 saturated carbocycles. The first-order valence-corrected chi connectivity index (χ1v) is 7.01. The lowest BCUT2D eigenvalue weighted by molar-refractivity contribution is 0.104. The van der Waals surface area contributed by atoms with Gasteiger partial charge in [-0.05, 0) is 31.7 Å². The highest BCUT2D eigenvalue weighted by Crippen LogP contribution is 2.17. The van der Waals surface area contributed by atoms with E-state index in [1.165, 1.54) is 24.1 Å². The molecule has 0 aromatic carbocycles. The van der Waals surface area contributed by atoms with Crippen LogP contribution in [0.4, 0.5) is 0 Å². The van der Waals surface area contributed by atoms with Gasteiger partial charge in [0.25, 0.3) is 0 Å². The summed E-state index contributed by atoms with van der Waals surface area (Å²) in [7, 11) is 1.99. The summed E-state index contributed by atoms with van der Waals surface area (Å²) in [6, 6.07) is 0. The van der Waals surface area contributed by atoms with Gasteiger partial charge < -0.3 is 10.1 Å². The summed E-state index contributed by atoms with van der Waals surface area (Å²) in [6.07, 6.45) is 6.18. The van der Waals surface area contributed by atoms with Crippen molar-refractivity contribution in [3.63, 3.8) is 0 Å². The van der Waals surface area contributed by atoms with Crippen LogP contribution in [0.5, 0.6) is 0 Å². The molecule has 1 saturated heterocycles. The van der Waals surface area contributed by atoms with Gasteiger partial charge in [0.2, 0.25) is 0 Å². The maximum absolute atomic E-state index is 5.61. The van der Waals surface area contributed by atoms with Crippen LogP contribution in [-0.2, 0) is 18.3 Å². The van der Waals surface area contributed by atoms with E-state index in [1.54, 1.807) is 0 Å². The van der Waals surface area contributed by atoms with Gasteiger partial charge in [-0.1, -0.05) is 13.8 Å². The first-order chi connectivity index (χ1) is 8.66. The van der Waals surface area contributed by atoms with Gasteiger partial charge in [-0.2, -0.15) is 5.10 Å². The Kier molecular flexibility index (Phi) is 4.78. The number of aromatic nitrogens is 2. The second kappa shape index (κ2) is 6.34. The molecule has 2 heterocycles. The maximum atomic E-state index is 5.61. The molecule has 18 heavy (non-hydrogen) atoms. The molecule has 2 rings (SSSR count). The SMILES string of the molecule is CC(C)c1nn(C)cc1CNCCC1CCCO1. The average Bonchev–Trinajstić information content (AvgIpc) is 2.93. The molecule has 1 N–H and O–H groups in total. The fourth-order valence-electron chi connectivity index (χ4n) is 2.54. The first kappa shape index (κ1) is 13.6. The summed E-state index contributed by atoms with van der Waals surface area (Å²) < 4.78 is 7.52. The second-order valence-electron chi connectivity index (χ2n) is 5.47. The normalized spacial score (nSPS) is 19.9. The van der Waals surface area contributed by atoms with E-state index >= 15 is 0 Å². The standard InChI is InChI=1S/C14H25N3O/c1-11(2)14-12(10-17(3)16-14)9-15-7-6-13-5-4-8-18-13/h10-11,13,15H,4-9H2,1-3H3. The Morgan fingerprint density at radius 2 is 2.39 bits per heavy atom. The van der Waals surface area contributed by atoms with Crippen molar-refractivity contribution in [2.45, 2.75) is 51.7 Å². The van der Waals surface area contributed by atoms with Crippen molar-refractivity contribution < 1.29 is 4.74 Å². The summed E-state index contributed by atoms with van der Waals surface area (Å²) >= 11 is 0. The minimum absolute atomic E-state index is 0.482. The molecule has 1 fully saturated rings. The largest absolute Gasteiger partial charge is 0.378 e. The third kappa shape index (κ3) is 3.56. The fraction of sp³-hybridized carbons (Fsp3) is 0.786. The molecule has 0 aliphatic carbocycles. The predicted molar refractivity (Wildman–Crippen MR) is 72.6 cm³/mol. The molecule has 1 unspecified atom stereocenters. The second-order valence-corrected chi connectivity index (χ2v) is 5.47. The van der Waals surface area contributed by atoms with Crippen LogP contribution in [0.2, 0.25) is 0 Å². The third-order valence-corrected chi connectivity index (χ3v) is 3.47. The summed E-state index contributed by atoms with van der Waals surface area (Å²) in [5.41, 5.74) is 2.53. The lowest BCUT2D eigenvalue weighted by atomic mass is 10.1. The van der Waals surface area contributed by atoms with E-state index in [2.05, 4.69) is 30.5 Å². The molecule has 4 heteroatoms. The first-order valence-electron chi connectivity index (χ1n) is 7.01. The minimum Gasteiger partial charge on any atom is -0.378 e. The van der Waals surface area contributed by atoms with Gasteiger partial charge in [0, 0.05) is 32.0 Å². The van der Waals surface area contributed by atoms with Crippen molar-refractivity contribution >= 4 is 0 Å². The molecule has 1 aliphatic rings. The van der Waals surface area contributed by atoms with E-state index in [4.69, 9.17) is 4.74 Å². The highest BCUT2D eigenvalue weighted by atomic mass is 16.5. The van der Waals surface area contributed by atoms with Crippen molar-refractivity contribution in [3.05, 3.63) is 17.5 Å². The number of aryl methyl sites for hydroxylation is 1. The molecule has 0 amide bonds. The van der Waals surface area contributed by atoms with Gasteiger partial charge in [0.1, 0.15) is 0 Å². The van der Waals surface area contributed by atoms with Crippen LogP contribution < -0.4 is 5.32 Å². The van der Waals surface area contributed by atoms with E-state index in [1.807, 2.05) is 11.7 Å². The number of hydrogen-bond acceptors (Lipinski definition) is 3. The van der Waals surface area contributed by atoms with Crippen LogP contribution in [0.15, 0.2) is 6.20 Å². The molecule has 0 spiro atoms. The maximum Gasteiger partial charge on any atom is 0.0694 e. The van der Waals surface area contributed by atoms with E-state index < -0.39 is 0 Å². The van der Waals surface area contributed by atoms with Crippen molar-refractivity contribution in [1.82, 2.24) is 15.1 Å². The van der Waals surface area contributed by atoms with Crippen LogP contribution in [0.3, 0.4) is 0 Å². The zero-order chi connectivity index (χ0) is 13.0. The summed E-state index contributed by atoms with van der Waals surface area (Å²) in [5, 5.41) is 8.02. The Balaban J connectivity index is 1.75. The number of nitrogens with one attached hydrogen (secondary N) is 1. The third-order valence-electron chi connectivity index (χ3n) is 3.47. The lowest BCUT2D eigenvalue weighted by Gasteiger charge is -2.10. The van der Waals surface area contributed by atoms with Crippen LogP contribution >= 0.6 is 0 Å². The molecule has 102 valence electrons. The van der Waals surface area contributed by atoms with E-state index in [0.717, 1.165) is 26.1 Å². The highest BCUT2D eigenvalue weighted by Gasteiger charge is 2.15. The van der Waals surface area contributed by atoms with Gasteiger partial charge in [-0.25, -0.2) is 0 Å². The van der Waals surface area contributed by atoms with Crippen LogP contribution in [0.1, 0.15) is 50.3 Å². The Labute approximate surface area is 110 Å². The fourth-order valence-corrected chi connectivity index (χ4v) is 2.54. The topological polar surface area (TPSA) is 39.1 Å². The van der Waals surface area contributed by atoms with Crippen LogP contribution in [0.25, 0.3) is 0 Å². The van der Waals surface area contributed by atoms with Crippen molar-refractivity contribution in [3.8, 4) is 0 Å². The number of nitrogens with zero attached hydrogens (tertiary/aromatic N) is 2. The van der Waals surface area contributed by atoms with Gasteiger partial charge in [-0.3, -0.25) is 4.68 Å². The summed E-state index contributed by atoms with van der Waals surface area (Å²) in [4.78, 5) is 0. The molecular weight excluding hydrogens is 226 g/mol. The minimum atomic E-state index is 0.482. The number of ether oxygens (including phenoxy) is 1. The van der Waals surface area contributed by atoms with Gasteiger partial charge in [0.05, 0.1) is 11.8 Å². The quantitative estimate of drug-likeness (QED) is 0.788. The van der Waals surface area contributed by atoms with Crippen molar-refractivity contribution in [1.29, 1.82) is 0 Å². The van der Waals surface area contributed by atoms with Crippen LogP contribution in [-0.4, -0.2) is 29.0 Å². The summed E-state index contributed by atoms with van der Waals surface area (Å²) in [5.74, 6) is 0.487. The van der Waals surface area contributed by atoms with Gasteiger partial charge >= 0.3 is 0 Å². The molecule has 0 bridgehead atoms. The Morgan fingerprint density at radius 1 is 1.56 bits per heavy atom.